The van der Waals surface area contributed by atoms with Gasteiger partial charge in [0.05, 0.1) is 12.1 Å². The summed E-state index contributed by atoms with van der Waals surface area (Å²) >= 11 is 0. The van der Waals surface area contributed by atoms with E-state index in [1.165, 1.54) is 0 Å². The molecule has 3 heteroatoms. The zero-order valence-electron chi connectivity index (χ0n) is 11.0. The van der Waals surface area contributed by atoms with Crippen molar-refractivity contribution in [2.24, 2.45) is 11.3 Å². The maximum Gasteiger partial charge on any atom is 0.220 e. The molecule has 0 aromatic carbocycles. The number of carbonyl (C=O) groups is 1. The van der Waals surface area contributed by atoms with Gasteiger partial charge in [0.2, 0.25) is 5.91 Å². The predicted octanol–water partition coefficient (Wildman–Crippen LogP) is 2.09. The van der Waals surface area contributed by atoms with Crippen molar-refractivity contribution >= 4 is 5.91 Å². The van der Waals surface area contributed by atoms with E-state index in [1.54, 1.807) is 0 Å². The second-order valence-electron chi connectivity index (χ2n) is 6.31. The molecule has 0 heterocycles. The number of aliphatic hydroxyl groups excluding tert-OH is 1. The van der Waals surface area contributed by atoms with Gasteiger partial charge in [-0.3, -0.25) is 4.79 Å². The quantitative estimate of drug-likeness (QED) is 0.772. The minimum absolute atomic E-state index is 0.0721. The van der Waals surface area contributed by atoms with Crippen LogP contribution in [0.15, 0.2) is 0 Å². The molecule has 16 heavy (non-hydrogen) atoms. The van der Waals surface area contributed by atoms with E-state index in [1.807, 2.05) is 0 Å². The molecule has 0 bridgehead atoms. The van der Waals surface area contributed by atoms with Crippen molar-refractivity contribution < 1.29 is 9.90 Å². The molecule has 3 nitrogen and oxygen atoms in total. The molecule has 1 unspecified atom stereocenters. The lowest BCUT2D eigenvalue weighted by Gasteiger charge is -2.41. The molecule has 0 aromatic heterocycles. The summed E-state index contributed by atoms with van der Waals surface area (Å²) in [5.41, 5.74) is -0.141. The van der Waals surface area contributed by atoms with Crippen molar-refractivity contribution in [2.45, 2.75) is 58.9 Å². The Labute approximate surface area is 98.6 Å². The fraction of sp³-hybridized carbons (Fsp3) is 0.923. The van der Waals surface area contributed by atoms with Gasteiger partial charge in [-0.25, -0.2) is 0 Å². The van der Waals surface area contributed by atoms with E-state index in [-0.39, 0.29) is 23.5 Å². The van der Waals surface area contributed by atoms with Crippen LogP contribution in [0.2, 0.25) is 0 Å². The number of hydrogen-bond acceptors (Lipinski definition) is 2. The summed E-state index contributed by atoms with van der Waals surface area (Å²) in [5.74, 6) is 0.430. The van der Waals surface area contributed by atoms with E-state index in [0.29, 0.717) is 12.3 Å². The molecule has 0 spiro atoms. The molecule has 1 atom stereocenters. The fourth-order valence-electron chi connectivity index (χ4n) is 1.86. The van der Waals surface area contributed by atoms with Crippen LogP contribution in [-0.2, 0) is 4.79 Å². The SMILES string of the molecule is CC(CC(=O)NC1(CO)CCC1)C(C)(C)C. The molecule has 2 N–H and O–H groups in total. The molecule has 94 valence electrons. The van der Waals surface area contributed by atoms with Gasteiger partial charge in [0.25, 0.3) is 0 Å². The van der Waals surface area contributed by atoms with Gasteiger partial charge in [-0.15, -0.1) is 0 Å². The van der Waals surface area contributed by atoms with Crippen molar-refractivity contribution in [1.29, 1.82) is 0 Å². The van der Waals surface area contributed by atoms with Gasteiger partial charge in [0.15, 0.2) is 0 Å². The number of hydrogen-bond donors (Lipinski definition) is 2. The number of nitrogens with one attached hydrogen (secondary N) is 1. The van der Waals surface area contributed by atoms with E-state index < -0.39 is 0 Å². The lowest BCUT2D eigenvalue weighted by molar-refractivity contribution is -0.126. The van der Waals surface area contributed by atoms with Crippen molar-refractivity contribution in [3.05, 3.63) is 0 Å². The molecule has 1 saturated carbocycles. The molecular formula is C13H25NO2. The van der Waals surface area contributed by atoms with Gasteiger partial charge in [-0.2, -0.15) is 0 Å². The summed E-state index contributed by atoms with van der Waals surface area (Å²) in [6, 6.07) is 0. The first-order valence-electron chi connectivity index (χ1n) is 6.21. The van der Waals surface area contributed by atoms with E-state index in [0.717, 1.165) is 19.3 Å². The molecule has 1 rings (SSSR count). The van der Waals surface area contributed by atoms with Crippen molar-refractivity contribution in [1.82, 2.24) is 5.32 Å². The van der Waals surface area contributed by atoms with Crippen LogP contribution in [0.1, 0.15) is 53.4 Å². The molecule has 1 amide bonds. The standard InChI is InChI=1S/C13H25NO2/c1-10(12(2,3)4)8-11(16)14-13(9-15)6-5-7-13/h10,15H,5-9H2,1-4H3,(H,14,16). The van der Waals surface area contributed by atoms with E-state index >= 15 is 0 Å². The Kier molecular flexibility index (Phi) is 4.00. The first kappa shape index (κ1) is 13.5. The first-order valence-corrected chi connectivity index (χ1v) is 6.21. The lowest BCUT2D eigenvalue weighted by atomic mass is 9.76. The molecular weight excluding hydrogens is 202 g/mol. The summed E-state index contributed by atoms with van der Waals surface area (Å²) in [7, 11) is 0. The van der Waals surface area contributed by atoms with Crippen LogP contribution >= 0.6 is 0 Å². The average molecular weight is 227 g/mol. The van der Waals surface area contributed by atoms with Crippen LogP contribution in [0.3, 0.4) is 0 Å². The number of aliphatic hydroxyl groups is 1. The molecule has 0 radical (unpaired) electrons. The highest BCUT2D eigenvalue weighted by molar-refractivity contribution is 5.77. The Bertz CT molecular complexity index is 246. The second kappa shape index (κ2) is 4.74. The Hall–Kier alpha value is -0.570. The van der Waals surface area contributed by atoms with Gasteiger partial charge >= 0.3 is 0 Å². The van der Waals surface area contributed by atoms with Crippen LogP contribution in [0.25, 0.3) is 0 Å². The van der Waals surface area contributed by atoms with Gasteiger partial charge in [-0.1, -0.05) is 27.7 Å². The number of rotatable bonds is 4. The Morgan fingerprint density at radius 3 is 2.31 bits per heavy atom. The maximum absolute atomic E-state index is 11.8. The summed E-state index contributed by atoms with van der Waals surface area (Å²) in [6.45, 7) is 8.62. The monoisotopic (exact) mass is 227 g/mol. The average Bonchev–Trinajstić information content (AvgIpc) is 2.09. The number of carbonyl (C=O) groups excluding carboxylic acids is 1. The van der Waals surface area contributed by atoms with Crippen molar-refractivity contribution in [3.63, 3.8) is 0 Å². The zero-order chi connectivity index (χ0) is 12.4. The van der Waals surface area contributed by atoms with E-state index in [4.69, 9.17) is 0 Å². The maximum atomic E-state index is 11.8. The highest BCUT2D eigenvalue weighted by Gasteiger charge is 2.38. The topological polar surface area (TPSA) is 49.3 Å². The molecule has 1 aliphatic rings. The zero-order valence-corrected chi connectivity index (χ0v) is 11.0. The lowest BCUT2D eigenvalue weighted by Crippen LogP contribution is -2.56. The molecule has 0 aromatic rings. The highest BCUT2D eigenvalue weighted by atomic mass is 16.3. The Balaban J connectivity index is 2.41. The van der Waals surface area contributed by atoms with Crippen LogP contribution in [0.4, 0.5) is 0 Å². The third-order valence-corrected chi connectivity index (χ3v) is 3.99. The summed E-state index contributed by atoms with van der Waals surface area (Å²) < 4.78 is 0. The number of amides is 1. The van der Waals surface area contributed by atoms with Crippen LogP contribution in [0.5, 0.6) is 0 Å². The summed E-state index contributed by atoms with van der Waals surface area (Å²) in [5, 5.41) is 12.3. The minimum Gasteiger partial charge on any atom is -0.394 e. The fourth-order valence-corrected chi connectivity index (χ4v) is 1.86. The second-order valence-corrected chi connectivity index (χ2v) is 6.31. The first-order chi connectivity index (χ1) is 7.29. The van der Waals surface area contributed by atoms with Gasteiger partial charge < -0.3 is 10.4 Å². The summed E-state index contributed by atoms with van der Waals surface area (Å²) in [4.78, 5) is 11.8. The van der Waals surface area contributed by atoms with Crippen LogP contribution in [-0.4, -0.2) is 23.2 Å². The normalized spacial score (nSPS) is 21.1. The smallest absolute Gasteiger partial charge is 0.220 e. The third kappa shape index (κ3) is 3.21. The van der Waals surface area contributed by atoms with E-state index in [9.17, 15) is 9.90 Å². The summed E-state index contributed by atoms with van der Waals surface area (Å²) in [6.07, 6.45) is 3.49. The third-order valence-electron chi connectivity index (χ3n) is 3.99. The minimum atomic E-state index is -0.297. The molecule has 1 aliphatic carbocycles. The Morgan fingerprint density at radius 2 is 2.00 bits per heavy atom. The van der Waals surface area contributed by atoms with E-state index in [2.05, 4.69) is 33.0 Å². The molecule has 0 saturated heterocycles. The van der Waals surface area contributed by atoms with Gasteiger partial charge in [0, 0.05) is 6.42 Å². The van der Waals surface area contributed by atoms with Crippen LogP contribution in [0, 0.1) is 11.3 Å². The Morgan fingerprint density at radius 1 is 1.44 bits per heavy atom. The molecule has 1 fully saturated rings. The van der Waals surface area contributed by atoms with Gasteiger partial charge in [-0.05, 0) is 30.6 Å². The van der Waals surface area contributed by atoms with Gasteiger partial charge in [0.1, 0.15) is 0 Å². The predicted molar refractivity (Wildman–Crippen MR) is 65.0 cm³/mol. The van der Waals surface area contributed by atoms with Crippen LogP contribution < -0.4 is 5.32 Å². The van der Waals surface area contributed by atoms with Crippen molar-refractivity contribution in [3.8, 4) is 0 Å². The van der Waals surface area contributed by atoms with Crippen molar-refractivity contribution in [2.75, 3.05) is 6.61 Å². The highest BCUT2D eigenvalue weighted by Crippen LogP contribution is 2.32. The largest absolute Gasteiger partial charge is 0.394 e. The molecule has 0 aliphatic heterocycles.